The van der Waals surface area contributed by atoms with E-state index in [1.54, 1.807) is 44.3 Å². The zero-order chi connectivity index (χ0) is 18.7. The number of rotatable bonds is 6. The van der Waals surface area contributed by atoms with Gasteiger partial charge in [-0.2, -0.15) is 5.10 Å². The predicted octanol–water partition coefficient (Wildman–Crippen LogP) is 3.00. The summed E-state index contributed by atoms with van der Waals surface area (Å²) in [6.07, 6.45) is 1.64. The van der Waals surface area contributed by atoms with E-state index in [-0.39, 0.29) is 5.91 Å². The Hall–Kier alpha value is -3.22. The third kappa shape index (κ3) is 3.56. The van der Waals surface area contributed by atoms with Gasteiger partial charge < -0.3 is 19.4 Å². The number of hydrogen-bond donors (Lipinski definition) is 1. The molecule has 3 rings (SSSR count). The number of hydrogen-bond acceptors (Lipinski definition) is 5. The average Bonchev–Trinajstić information content (AvgIpc) is 3.28. The second-order valence-corrected chi connectivity index (χ2v) is 6.09. The molecule has 2 aromatic heterocycles. The van der Waals surface area contributed by atoms with Crippen LogP contribution in [0.2, 0.25) is 0 Å². The maximum absolute atomic E-state index is 12.1. The fraction of sp³-hybridized carbons (Fsp3) is 0.263. The Balaban J connectivity index is 1.76. The second-order valence-electron chi connectivity index (χ2n) is 6.09. The van der Waals surface area contributed by atoms with Crippen LogP contribution in [0, 0.1) is 0 Å². The first-order valence-corrected chi connectivity index (χ1v) is 8.20. The highest BCUT2D eigenvalue weighted by molar-refractivity contribution is 5.95. The lowest BCUT2D eigenvalue weighted by molar-refractivity contribution is 0.0827. The molecule has 0 bridgehead atoms. The number of benzene rings is 1. The van der Waals surface area contributed by atoms with Crippen LogP contribution in [0.5, 0.6) is 5.75 Å². The van der Waals surface area contributed by atoms with Gasteiger partial charge in [-0.05, 0) is 36.4 Å². The summed E-state index contributed by atoms with van der Waals surface area (Å²) in [4.78, 5) is 13.6. The lowest BCUT2D eigenvalue weighted by atomic mass is 10.1. The van der Waals surface area contributed by atoms with Crippen molar-refractivity contribution in [3.8, 4) is 17.2 Å². The number of carbonyl (C=O) groups excluding carboxylic acids is 1. The molecule has 26 heavy (non-hydrogen) atoms. The van der Waals surface area contributed by atoms with Crippen LogP contribution in [0.25, 0.3) is 11.5 Å². The van der Waals surface area contributed by atoms with Gasteiger partial charge in [-0.15, -0.1) is 0 Å². The Morgan fingerprint density at radius 1 is 1.31 bits per heavy atom. The summed E-state index contributed by atoms with van der Waals surface area (Å²) in [5, 5.41) is 7.80. The number of anilines is 1. The van der Waals surface area contributed by atoms with Gasteiger partial charge >= 0.3 is 0 Å². The fourth-order valence-electron chi connectivity index (χ4n) is 2.68. The zero-order valence-corrected chi connectivity index (χ0v) is 15.3. The molecule has 0 atom stereocenters. The molecule has 0 aliphatic rings. The number of amides is 1. The van der Waals surface area contributed by atoms with Crippen molar-refractivity contribution in [3.63, 3.8) is 0 Å². The van der Waals surface area contributed by atoms with E-state index in [0.29, 0.717) is 17.9 Å². The monoisotopic (exact) mass is 354 g/mol. The number of carbonyl (C=O) groups is 1. The van der Waals surface area contributed by atoms with E-state index >= 15 is 0 Å². The first-order valence-electron chi connectivity index (χ1n) is 8.20. The molecule has 0 aliphatic heterocycles. The third-order valence-electron chi connectivity index (χ3n) is 4.02. The van der Waals surface area contributed by atoms with Crippen molar-refractivity contribution >= 4 is 11.6 Å². The number of aromatic nitrogens is 2. The van der Waals surface area contributed by atoms with Crippen LogP contribution in [-0.4, -0.2) is 41.8 Å². The molecule has 0 radical (unpaired) electrons. The van der Waals surface area contributed by atoms with Gasteiger partial charge in [0.15, 0.2) is 5.76 Å². The minimum atomic E-state index is -0.0670. The molecule has 0 fully saturated rings. The number of nitrogens with one attached hydrogen (secondary N) is 1. The van der Waals surface area contributed by atoms with Crippen LogP contribution in [-0.2, 0) is 13.6 Å². The van der Waals surface area contributed by atoms with Crippen LogP contribution in [0.15, 0.2) is 47.1 Å². The highest BCUT2D eigenvalue weighted by Gasteiger charge is 2.13. The highest BCUT2D eigenvalue weighted by Crippen LogP contribution is 2.27. The van der Waals surface area contributed by atoms with E-state index in [9.17, 15) is 4.79 Å². The number of methoxy groups -OCH3 is 1. The number of nitrogens with zero attached hydrogens (tertiary/aromatic N) is 3. The number of aryl methyl sites for hydroxylation is 1. The van der Waals surface area contributed by atoms with Gasteiger partial charge in [0.05, 0.1) is 31.3 Å². The molecule has 7 nitrogen and oxygen atoms in total. The van der Waals surface area contributed by atoms with Crippen molar-refractivity contribution in [2.45, 2.75) is 6.54 Å². The molecule has 0 saturated heterocycles. The maximum Gasteiger partial charge on any atom is 0.253 e. The van der Waals surface area contributed by atoms with Crippen LogP contribution in [0.3, 0.4) is 0 Å². The van der Waals surface area contributed by atoms with Gasteiger partial charge in [0, 0.05) is 26.7 Å². The van der Waals surface area contributed by atoms with Crippen LogP contribution in [0.4, 0.5) is 5.69 Å². The molecule has 1 aromatic carbocycles. The Kier molecular flexibility index (Phi) is 4.97. The van der Waals surface area contributed by atoms with Gasteiger partial charge in [0.2, 0.25) is 0 Å². The maximum atomic E-state index is 12.1. The van der Waals surface area contributed by atoms with E-state index in [1.165, 1.54) is 4.90 Å². The molecule has 136 valence electrons. The van der Waals surface area contributed by atoms with Crippen molar-refractivity contribution in [2.24, 2.45) is 7.05 Å². The van der Waals surface area contributed by atoms with Crippen LogP contribution in [0.1, 0.15) is 16.1 Å². The summed E-state index contributed by atoms with van der Waals surface area (Å²) in [5.74, 6) is 1.32. The van der Waals surface area contributed by atoms with Gasteiger partial charge in [0.25, 0.3) is 5.91 Å². The topological polar surface area (TPSA) is 72.5 Å². The number of furan rings is 1. The molecular formula is C19H22N4O3. The summed E-state index contributed by atoms with van der Waals surface area (Å²) >= 11 is 0. The van der Waals surface area contributed by atoms with E-state index in [4.69, 9.17) is 9.15 Å². The third-order valence-corrected chi connectivity index (χ3v) is 4.02. The summed E-state index contributed by atoms with van der Waals surface area (Å²) in [5.41, 5.74) is 3.16. The van der Waals surface area contributed by atoms with Crippen molar-refractivity contribution in [2.75, 3.05) is 26.5 Å². The van der Waals surface area contributed by atoms with Crippen molar-refractivity contribution < 1.29 is 13.9 Å². The smallest absolute Gasteiger partial charge is 0.253 e. The van der Waals surface area contributed by atoms with Gasteiger partial charge in [-0.25, -0.2) is 0 Å². The van der Waals surface area contributed by atoms with Crippen LogP contribution < -0.4 is 10.1 Å². The molecule has 0 saturated carbocycles. The SMILES string of the molecule is COc1cc(C(=O)N(C)C)ccc1NCc1cc(-c2ccco2)n(C)n1. The Labute approximate surface area is 152 Å². The zero-order valence-electron chi connectivity index (χ0n) is 15.3. The van der Waals surface area contributed by atoms with Gasteiger partial charge in [0.1, 0.15) is 11.4 Å². The van der Waals surface area contributed by atoms with Crippen LogP contribution >= 0.6 is 0 Å². The predicted molar refractivity (Wildman–Crippen MR) is 99.2 cm³/mol. The molecule has 0 unspecified atom stereocenters. The Morgan fingerprint density at radius 2 is 2.12 bits per heavy atom. The molecule has 0 aliphatic carbocycles. The van der Waals surface area contributed by atoms with Gasteiger partial charge in [-0.3, -0.25) is 9.48 Å². The molecule has 1 N–H and O–H groups in total. The molecular weight excluding hydrogens is 332 g/mol. The lowest BCUT2D eigenvalue weighted by Gasteiger charge is -2.14. The Morgan fingerprint density at radius 3 is 2.77 bits per heavy atom. The van der Waals surface area contributed by atoms with Crippen molar-refractivity contribution in [1.82, 2.24) is 14.7 Å². The normalized spacial score (nSPS) is 10.6. The summed E-state index contributed by atoms with van der Waals surface area (Å²) in [7, 11) is 6.90. The minimum Gasteiger partial charge on any atom is -0.495 e. The molecule has 7 heteroatoms. The first-order chi connectivity index (χ1) is 12.5. The van der Waals surface area contributed by atoms with E-state index < -0.39 is 0 Å². The molecule has 1 amide bonds. The Bertz CT molecular complexity index is 898. The molecule has 0 spiro atoms. The quantitative estimate of drug-likeness (QED) is 0.737. The van der Waals surface area contributed by atoms with E-state index in [2.05, 4.69) is 10.4 Å². The van der Waals surface area contributed by atoms with Crippen molar-refractivity contribution in [3.05, 3.63) is 53.9 Å². The largest absolute Gasteiger partial charge is 0.495 e. The second kappa shape index (κ2) is 7.35. The number of ether oxygens (including phenoxy) is 1. The highest BCUT2D eigenvalue weighted by atomic mass is 16.5. The minimum absolute atomic E-state index is 0.0670. The standard InChI is InChI=1S/C19H22N4O3/c1-22(2)19(24)13-7-8-15(18(10-13)25-4)20-12-14-11-16(23(3)21-14)17-6-5-9-26-17/h5-11,20H,12H2,1-4H3. The van der Waals surface area contributed by atoms with Crippen molar-refractivity contribution in [1.29, 1.82) is 0 Å². The lowest BCUT2D eigenvalue weighted by Crippen LogP contribution is -2.21. The average molecular weight is 354 g/mol. The fourth-order valence-corrected chi connectivity index (χ4v) is 2.68. The van der Waals surface area contributed by atoms with E-state index in [0.717, 1.165) is 22.8 Å². The summed E-state index contributed by atoms with van der Waals surface area (Å²) < 4.78 is 12.6. The van der Waals surface area contributed by atoms with E-state index in [1.807, 2.05) is 31.3 Å². The summed E-state index contributed by atoms with van der Waals surface area (Å²) in [6.45, 7) is 0.520. The summed E-state index contributed by atoms with van der Waals surface area (Å²) in [6, 6.07) is 11.1. The molecule has 2 heterocycles. The van der Waals surface area contributed by atoms with Gasteiger partial charge in [-0.1, -0.05) is 0 Å². The molecule has 3 aromatic rings. The first kappa shape index (κ1) is 17.6.